The molecule has 0 saturated carbocycles. The van der Waals surface area contributed by atoms with Crippen LogP contribution in [0.1, 0.15) is 6.92 Å². The Bertz CT molecular complexity index is 501. The van der Waals surface area contributed by atoms with Crippen molar-refractivity contribution in [1.29, 1.82) is 0 Å². The first-order valence-corrected chi connectivity index (χ1v) is 5.91. The zero-order valence-electron chi connectivity index (χ0n) is 10.2. The predicted octanol–water partition coefficient (Wildman–Crippen LogP) is 0.685. The zero-order chi connectivity index (χ0) is 12.1. The molecule has 1 aromatic rings. The minimum atomic E-state index is 0.782. The second-order valence-corrected chi connectivity index (χ2v) is 4.02. The standard InChI is InChI=1S/C14H18N2O/c1-3-4-5-13-12(2)10-15-11-14(13)16-6-8-17-9-7-16/h3-5,10-11H,2,6-9H2,1H3. The summed E-state index contributed by atoms with van der Waals surface area (Å²) in [6.45, 7) is 9.45. The Hall–Kier alpha value is -1.61. The number of aromatic nitrogens is 1. The first kappa shape index (κ1) is 11.9. The highest BCUT2D eigenvalue weighted by Crippen LogP contribution is 2.07. The fraction of sp³-hybridized carbons (Fsp3) is 0.357. The average molecular weight is 230 g/mol. The van der Waals surface area contributed by atoms with Crippen LogP contribution in [0.25, 0.3) is 12.7 Å². The zero-order valence-corrected chi connectivity index (χ0v) is 10.2. The Kier molecular flexibility index (Phi) is 3.94. The number of allylic oxidation sites excluding steroid dienone is 2. The van der Waals surface area contributed by atoms with Gasteiger partial charge in [0.1, 0.15) is 0 Å². The van der Waals surface area contributed by atoms with Gasteiger partial charge in [-0.05, 0) is 12.1 Å². The van der Waals surface area contributed by atoms with Gasteiger partial charge in [0.25, 0.3) is 0 Å². The van der Waals surface area contributed by atoms with E-state index in [-0.39, 0.29) is 0 Å². The van der Waals surface area contributed by atoms with Crippen molar-refractivity contribution in [2.24, 2.45) is 0 Å². The summed E-state index contributed by atoms with van der Waals surface area (Å²) >= 11 is 0. The Balaban J connectivity index is 2.45. The van der Waals surface area contributed by atoms with Gasteiger partial charge in [-0.2, -0.15) is 0 Å². The molecular weight excluding hydrogens is 212 g/mol. The molecule has 1 aliphatic rings. The maximum absolute atomic E-state index is 5.37. The SMILES string of the molecule is C=c1cncc(N2CCOCC2)c1=CC=CC. The lowest BCUT2D eigenvalue weighted by atomic mass is 10.2. The normalized spacial score (nSPS) is 17.9. The van der Waals surface area contributed by atoms with Crippen molar-refractivity contribution < 1.29 is 4.74 Å². The van der Waals surface area contributed by atoms with Crippen molar-refractivity contribution in [2.75, 3.05) is 31.2 Å². The molecule has 0 N–H and O–H groups in total. The number of ether oxygens (including phenoxy) is 1. The molecule has 2 heterocycles. The molecule has 1 aliphatic heterocycles. The van der Waals surface area contributed by atoms with E-state index in [1.165, 1.54) is 0 Å². The molecule has 0 radical (unpaired) electrons. The molecule has 90 valence electrons. The summed E-state index contributed by atoms with van der Waals surface area (Å²) in [4.78, 5) is 6.55. The number of morpholine rings is 1. The number of hydrogen-bond donors (Lipinski definition) is 0. The highest BCUT2D eigenvalue weighted by Gasteiger charge is 2.12. The van der Waals surface area contributed by atoms with E-state index in [1.54, 1.807) is 6.20 Å². The Labute approximate surface area is 102 Å². The lowest BCUT2D eigenvalue weighted by Gasteiger charge is -2.28. The van der Waals surface area contributed by atoms with Crippen LogP contribution in [0.3, 0.4) is 0 Å². The number of hydrogen-bond acceptors (Lipinski definition) is 3. The van der Waals surface area contributed by atoms with Gasteiger partial charge in [0, 0.05) is 24.5 Å². The summed E-state index contributed by atoms with van der Waals surface area (Å²) in [5.74, 6) is 0. The summed E-state index contributed by atoms with van der Waals surface area (Å²) < 4.78 is 5.37. The third kappa shape index (κ3) is 2.74. The van der Waals surface area contributed by atoms with Gasteiger partial charge >= 0.3 is 0 Å². The van der Waals surface area contributed by atoms with E-state index in [9.17, 15) is 0 Å². The van der Waals surface area contributed by atoms with Crippen LogP contribution in [0.2, 0.25) is 0 Å². The van der Waals surface area contributed by atoms with Crippen molar-refractivity contribution in [2.45, 2.75) is 6.92 Å². The lowest BCUT2D eigenvalue weighted by Crippen LogP contribution is -2.41. The molecule has 0 unspecified atom stereocenters. The van der Waals surface area contributed by atoms with Crippen molar-refractivity contribution in [3.63, 3.8) is 0 Å². The second-order valence-electron chi connectivity index (χ2n) is 4.02. The van der Waals surface area contributed by atoms with Crippen LogP contribution < -0.4 is 15.3 Å². The molecule has 17 heavy (non-hydrogen) atoms. The summed E-state index contributed by atoms with van der Waals surface area (Å²) in [5.41, 5.74) is 1.15. The fourth-order valence-corrected chi connectivity index (χ4v) is 1.94. The van der Waals surface area contributed by atoms with Crippen LogP contribution in [0.5, 0.6) is 0 Å². The van der Waals surface area contributed by atoms with Gasteiger partial charge in [-0.3, -0.25) is 4.98 Å². The Morgan fingerprint density at radius 3 is 2.82 bits per heavy atom. The molecule has 0 bridgehead atoms. The van der Waals surface area contributed by atoms with E-state index < -0.39 is 0 Å². The number of nitrogens with zero attached hydrogens (tertiary/aromatic N) is 2. The van der Waals surface area contributed by atoms with E-state index in [4.69, 9.17) is 4.74 Å². The van der Waals surface area contributed by atoms with Gasteiger partial charge in [0.15, 0.2) is 0 Å². The minimum Gasteiger partial charge on any atom is -0.378 e. The summed E-state index contributed by atoms with van der Waals surface area (Å²) in [6, 6.07) is 0. The van der Waals surface area contributed by atoms with Crippen LogP contribution in [-0.4, -0.2) is 31.3 Å². The van der Waals surface area contributed by atoms with Crippen LogP contribution in [0.15, 0.2) is 24.5 Å². The molecule has 0 amide bonds. The fourth-order valence-electron chi connectivity index (χ4n) is 1.94. The van der Waals surface area contributed by atoms with Gasteiger partial charge in [0.05, 0.1) is 25.1 Å². The van der Waals surface area contributed by atoms with Crippen molar-refractivity contribution in [3.8, 4) is 0 Å². The van der Waals surface area contributed by atoms with Crippen molar-refractivity contribution in [1.82, 2.24) is 4.98 Å². The van der Waals surface area contributed by atoms with Crippen LogP contribution in [-0.2, 0) is 4.74 Å². The van der Waals surface area contributed by atoms with Crippen LogP contribution in [0.4, 0.5) is 5.69 Å². The Morgan fingerprint density at radius 1 is 1.35 bits per heavy atom. The van der Waals surface area contributed by atoms with E-state index in [1.807, 2.05) is 25.3 Å². The van der Waals surface area contributed by atoms with Gasteiger partial charge < -0.3 is 9.64 Å². The van der Waals surface area contributed by atoms with Gasteiger partial charge in [-0.15, -0.1) is 0 Å². The molecule has 1 aromatic heterocycles. The molecule has 0 spiro atoms. The average Bonchev–Trinajstić information content (AvgIpc) is 2.38. The highest BCUT2D eigenvalue weighted by atomic mass is 16.5. The van der Waals surface area contributed by atoms with Crippen molar-refractivity contribution >= 4 is 18.3 Å². The van der Waals surface area contributed by atoms with Crippen LogP contribution >= 0.6 is 0 Å². The maximum Gasteiger partial charge on any atom is 0.0642 e. The molecule has 3 nitrogen and oxygen atoms in total. The molecule has 0 atom stereocenters. The molecule has 2 rings (SSSR count). The quantitative estimate of drug-likeness (QED) is 0.747. The lowest BCUT2D eigenvalue weighted by molar-refractivity contribution is 0.122. The number of pyridine rings is 1. The van der Waals surface area contributed by atoms with Crippen LogP contribution in [0, 0.1) is 0 Å². The Morgan fingerprint density at radius 2 is 2.12 bits per heavy atom. The first-order chi connectivity index (χ1) is 8.33. The second kappa shape index (κ2) is 5.64. The van der Waals surface area contributed by atoms with E-state index in [2.05, 4.69) is 22.5 Å². The first-order valence-electron chi connectivity index (χ1n) is 5.91. The van der Waals surface area contributed by atoms with Crippen molar-refractivity contribution in [3.05, 3.63) is 35.0 Å². The molecule has 1 saturated heterocycles. The largest absolute Gasteiger partial charge is 0.378 e. The summed E-state index contributed by atoms with van der Waals surface area (Å²) in [5, 5.41) is 2.12. The number of anilines is 1. The third-order valence-corrected chi connectivity index (χ3v) is 2.86. The molecule has 0 aliphatic carbocycles. The van der Waals surface area contributed by atoms with E-state index in [0.29, 0.717) is 0 Å². The molecule has 0 aromatic carbocycles. The predicted molar refractivity (Wildman–Crippen MR) is 71.3 cm³/mol. The van der Waals surface area contributed by atoms with Gasteiger partial charge in [-0.1, -0.05) is 24.8 Å². The smallest absolute Gasteiger partial charge is 0.0642 e. The third-order valence-electron chi connectivity index (χ3n) is 2.86. The molecular formula is C14H18N2O. The van der Waals surface area contributed by atoms with Gasteiger partial charge in [0.2, 0.25) is 0 Å². The molecule has 3 heteroatoms. The van der Waals surface area contributed by atoms with Gasteiger partial charge in [-0.25, -0.2) is 0 Å². The minimum absolute atomic E-state index is 0.782. The summed E-state index contributed by atoms with van der Waals surface area (Å²) in [6.07, 6.45) is 9.86. The topological polar surface area (TPSA) is 25.4 Å². The highest BCUT2D eigenvalue weighted by molar-refractivity contribution is 5.53. The summed E-state index contributed by atoms with van der Waals surface area (Å²) in [7, 11) is 0. The molecule has 1 fully saturated rings. The number of rotatable bonds is 2. The monoisotopic (exact) mass is 230 g/mol. The van der Waals surface area contributed by atoms with E-state index in [0.717, 1.165) is 42.4 Å². The van der Waals surface area contributed by atoms with E-state index >= 15 is 0 Å². The maximum atomic E-state index is 5.37.